The van der Waals surface area contributed by atoms with Gasteiger partial charge in [0.1, 0.15) is 0 Å². The van der Waals surface area contributed by atoms with Crippen LogP contribution in [-0.2, 0) is 19.9 Å². The van der Waals surface area contributed by atoms with E-state index in [0.29, 0.717) is 0 Å². The first-order valence-electron chi connectivity index (χ1n) is 4.09. The molecule has 1 atom stereocenters. The molecule has 0 spiro atoms. The van der Waals surface area contributed by atoms with Crippen molar-refractivity contribution in [1.29, 1.82) is 0 Å². The van der Waals surface area contributed by atoms with Crippen molar-refractivity contribution in [2.24, 2.45) is 0 Å². The van der Waals surface area contributed by atoms with Crippen LogP contribution in [0.1, 0.15) is 12.8 Å². The zero-order valence-electron chi connectivity index (χ0n) is 9.52. The molecule has 0 aromatic carbocycles. The van der Waals surface area contributed by atoms with E-state index in [9.17, 15) is 34.7 Å². The second-order valence-electron chi connectivity index (χ2n) is 2.93. The van der Waals surface area contributed by atoms with Gasteiger partial charge in [-0.1, -0.05) is 0 Å². The maximum absolute atomic E-state index is 11.0. The Hall–Kier alpha value is -0.508. The molecule has 0 saturated carbocycles. The van der Waals surface area contributed by atoms with Crippen LogP contribution in [0.2, 0.25) is 0 Å². The largest absolute Gasteiger partial charge is 1.00 e. The molecule has 0 aliphatic carbocycles. The average molecular weight is 482 g/mol. The molecule has 1 unspecified atom stereocenters. The first-order valence-corrected chi connectivity index (χ1v) is 7.26. The monoisotopic (exact) mass is 483 g/mol. The van der Waals surface area contributed by atoms with Gasteiger partial charge in [-0.25, -0.2) is 0 Å². The van der Waals surface area contributed by atoms with Gasteiger partial charge in [-0.05, 0) is 0 Å². The molecule has 0 amide bonds. The van der Waals surface area contributed by atoms with Crippen molar-refractivity contribution in [2.45, 2.75) is 18.4 Å². The van der Waals surface area contributed by atoms with Crippen molar-refractivity contribution < 1.29 is 69.8 Å². The summed E-state index contributed by atoms with van der Waals surface area (Å²) < 4.78 is 8.02. The molecule has 100 valence electrons. The van der Waals surface area contributed by atoms with E-state index >= 15 is 0 Å². The number of hydrogen-bond donors (Lipinski definition) is 2. The Morgan fingerprint density at radius 3 is 2.21 bits per heavy atom. The molecule has 19 heavy (non-hydrogen) atoms. The Balaban J connectivity index is 0. The van der Waals surface area contributed by atoms with Crippen LogP contribution < -0.4 is 34.7 Å². The minimum Gasteiger partial charge on any atom is 1.00 e. The Morgan fingerprint density at radius 2 is 1.84 bits per heavy atom. The second-order valence-corrected chi connectivity index (χ2v) is 5.09. The topological polar surface area (TPSA) is 176 Å². The Morgan fingerprint density at radius 1 is 1.32 bits per heavy atom. The molecule has 11 nitrogen and oxygen atoms in total. The summed E-state index contributed by atoms with van der Waals surface area (Å²) in [4.78, 5) is 41.6. The van der Waals surface area contributed by atoms with E-state index in [1.807, 2.05) is 0 Å². The summed E-state index contributed by atoms with van der Waals surface area (Å²) in [7, 11) is 0. The molecular weight excluding hydrogens is 476 g/mol. The SMILES string of the molecule is O=C([O-])CC(O)(CC(=O)[O][Pb][O][N+](=O)[O-])C(=O)O.[Na+]. The van der Waals surface area contributed by atoms with Gasteiger partial charge in [-0.15, -0.1) is 0 Å². The molecule has 0 heterocycles. The number of carboxylic acids is 2. The third kappa shape index (κ3) is 9.09. The van der Waals surface area contributed by atoms with Gasteiger partial charge in [0.05, 0.1) is 0 Å². The van der Waals surface area contributed by atoms with Crippen molar-refractivity contribution in [3.8, 4) is 0 Å². The van der Waals surface area contributed by atoms with E-state index in [2.05, 4.69) is 5.47 Å². The van der Waals surface area contributed by atoms with Crippen molar-refractivity contribution in [2.75, 3.05) is 0 Å². The molecule has 2 N–H and O–H groups in total. The molecule has 13 heteroatoms. The van der Waals surface area contributed by atoms with Gasteiger partial charge in [0, 0.05) is 0 Å². The van der Waals surface area contributed by atoms with Gasteiger partial charge >= 0.3 is 141 Å². The molecule has 0 aromatic heterocycles. The maximum atomic E-state index is 11.0. The zero-order chi connectivity index (χ0) is 14.3. The van der Waals surface area contributed by atoms with E-state index < -0.39 is 66.6 Å². The Labute approximate surface area is 140 Å². The predicted molar refractivity (Wildman–Crippen MR) is 46.8 cm³/mol. The number of carboxylic acid groups (broad SMARTS) is 2. The molecule has 2 radical (unpaired) electrons. The van der Waals surface area contributed by atoms with Gasteiger partial charge in [-0.2, -0.15) is 0 Å². The Bertz CT molecular complexity index is 375. The van der Waals surface area contributed by atoms with E-state index in [4.69, 9.17) is 5.11 Å². The molecule has 0 aromatic rings. The smallest absolute Gasteiger partial charge is 1.00 e. The van der Waals surface area contributed by atoms with Crippen molar-refractivity contribution in [1.82, 2.24) is 0 Å². The second kappa shape index (κ2) is 9.40. The maximum Gasteiger partial charge on any atom is 1.00 e. The van der Waals surface area contributed by atoms with Crippen molar-refractivity contribution in [3.63, 3.8) is 0 Å². The number of nitrogens with zero attached hydrogens (tertiary/aromatic N) is 1. The number of hydrogen-bond acceptors (Lipinski definition) is 9. The van der Waals surface area contributed by atoms with Crippen LogP contribution in [0, 0.1) is 10.1 Å². The average Bonchev–Trinajstić information content (AvgIpc) is 2.14. The van der Waals surface area contributed by atoms with Gasteiger partial charge in [0.25, 0.3) is 0 Å². The molecule has 0 aliphatic rings. The standard InChI is InChI=1S/C6H8O7.NO3.Na.Pb/c7-3(8)1-6(13,5(11)12)2-4(9)10;2-1(3)4;;/h13H,1-2H2,(H,7,8)(H,9,10)(H,11,12);;;/q;-1;+1;+2/p-2. The third-order valence-corrected chi connectivity index (χ3v) is 3.62. The van der Waals surface area contributed by atoms with Gasteiger partial charge in [0.15, 0.2) is 0 Å². The van der Waals surface area contributed by atoms with Crippen LogP contribution in [0.25, 0.3) is 0 Å². The fourth-order valence-electron chi connectivity index (χ4n) is 0.823. The van der Waals surface area contributed by atoms with E-state index in [0.717, 1.165) is 0 Å². The van der Waals surface area contributed by atoms with Crippen LogP contribution in [0.3, 0.4) is 0 Å². The van der Waals surface area contributed by atoms with Crippen LogP contribution >= 0.6 is 0 Å². The fraction of sp³-hybridized carbons (Fsp3) is 0.500. The number of aliphatic carboxylic acids is 2. The van der Waals surface area contributed by atoms with E-state index in [1.54, 1.807) is 0 Å². The summed E-state index contributed by atoms with van der Waals surface area (Å²) in [6.07, 6.45) is -2.49. The van der Waals surface area contributed by atoms with Crippen LogP contribution in [0.4, 0.5) is 0 Å². The molecule has 0 rings (SSSR count). The van der Waals surface area contributed by atoms with E-state index in [-0.39, 0.29) is 29.6 Å². The van der Waals surface area contributed by atoms with Crippen LogP contribution in [0.15, 0.2) is 0 Å². The third-order valence-electron chi connectivity index (χ3n) is 1.54. The normalized spacial score (nSPS) is 12.5. The summed E-state index contributed by atoms with van der Waals surface area (Å²) in [6.45, 7) is 0. The number of carbonyl (C=O) groups excluding carboxylic acids is 2. The zero-order valence-corrected chi connectivity index (χ0v) is 15.4. The van der Waals surface area contributed by atoms with Gasteiger partial charge in [-0.3, -0.25) is 0 Å². The molecular formula is C6H6NNaO10Pb. The fourth-order valence-corrected chi connectivity index (χ4v) is 1.85. The van der Waals surface area contributed by atoms with E-state index in [1.165, 1.54) is 0 Å². The minimum absolute atomic E-state index is 0. The van der Waals surface area contributed by atoms with Gasteiger partial charge in [0.2, 0.25) is 0 Å². The summed E-state index contributed by atoms with van der Waals surface area (Å²) in [5, 5.41) is 36.7. The van der Waals surface area contributed by atoms with Crippen LogP contribution in [0.5, 0.6) is 0 Å². The van der Waals surface area contributed by atoms with Gasteiger partial charge < -0.3 is 0 Å². The summed E-state index contributed by atoms with van der Waals surface area (Å²) in [5.41, 5.74) is -2.88. The molecule has 0 aliphatic heterocycles. The van der Waals surface area contributed by atoms with Crippen molar-refractivity contribution in [3.05, 3.63) is 10.1 Å². The first kappa shape index (κ1) is 20.8. The predicted octanol–water partition coefficient (Wildman–Crippen LogP) is -6.38. The quantitative estimate of drug-likeness (QED) is 0.192. The summed E-state index contributed by atoms with van der Waals surface area (Å²) in [6, 6.07) is 0. The Kier molecular flexibility index (Phi) is 10.3. The number of aliphatic hydroxyl groups is 1. The molecule has 0 fully saturated rings. The number of carbonyl (C=O) groups is 3. The molecule has 0 saturated heterocycles. The van der Waals surface area contributed by atoms with Crippen molar-refractivity contribution >= 4 is 43.0 Å². The molecule has 0 bridgehead atoms. The summed E-state index contributed by atoms with van der Waals surface area (Å²) >= 11 is -2.81. The minimum atomic E-state index is -2.88. The number of rotatable bonds is 8. The van der Waals surface area contributed by atoms with Crippen LogP contribution in [-0.4, -0.2) is 63.9 Å². The summed E-state index contributed by atoms with van der Waals surface area (Å²) in [5.74, 6) is -5.13. The first-order chi connectivity index (χ1) is 8.17.